The number of rotatable bonds is 7. The van der Waals surface area contributed by atoms with Crippen molar-refractivity contribution in [2.75, 3.05) is 0 Å². The summed E-state index contributed by atoms with van der Waals surface area (Å²) in [5.74, 6) is -2.55. The molecule has 0 aliphatic heterocycles. The van der Waals surface area contributed by atoms with Gasteiger partial charge in [0.2, 0.25) is 5.78 Å². The lowest BCUT2D eigenvalue weighted by Crippen LogP contribution is -2.47. The maximum absolute atomic E-state index is 12.9. The fourth-order valence-electron chi connectivity index (χ4n) is 3.11. The summed E-state index contributed by atoms with van der Waals surface area (Å²) in [6.45, 7) is 0. The molecule has 0 aliphatic rings. The van der Waals surface area contributed by atoms with E-state index in [1.807, 2.05) is 18.2 Å². The first kappa shape index (κ1) is 19.5. The Morgan fingerprint density at radius 2 is 1.90 bits per heavy atom. The zero-order valence-corrected chi connectivity index (χ0v) is 16.4. The number of para-hydroxylation sites is 1. The number of nitrogens with zero attached hydrogens (tertiary/aromatic N) is 2. The van der Waals surface area contributed by atoms with Crippen LogP contribution in [0, 0.1) is 0 Å². The van der Waals surface area contributed by atoms with Crippen LogP contribution in [0.3, 0.4) is 0 Å². The average molecular weight is 420 g/mol. The molecule has 1 aromatic carbocycles. The number of nitrogens with two attached hydrogens (primary N) is 1. The predicted octanol–water partition coefficient (Wildman–Crippen LogP) is 2.35. The number of fused-ring (bicyclic) bond motifs is 1. The van der Waals surface area contributed by atoms with E-state index in [4.69, 9.17) is 10.2 Å². The van der Waals surface area contributed by atoms with Crippen molar-refractivity contribution in [3.8, 4) is 11.4 Å². The van der Waals surface area contributed by atoms with Gasteiger partial charge in [0.15, 0.2) is 0 Å². The maximum Gasteiger partial charge on any atom is 0.287 e. The van der Waals surface area contributed by atoms with Gasteiger partial charge in [0, 0.05) is 23.6 Å². The van der Waals surface area contributed by atoms with Gasteiger partial charge >= 0.3 is 0 Å². The number of Topliss-reactive ketones (excluding diaryl/α,β-unsaturated/α-hetero) is 1. The summed E-state index contributed by atoms with van der Waals surface area (Å²) in [5, 5.41) is 3.42. The Morgan fingerprint density at radius 1 is 1.10 bits per heavy atom. The minimum atomic E-state index is -1.14. The second-order valence-electron chi connectivity index (χ2n) is 6.46. The van der Waals surface area contributed by atoms with Gasteiger partial charge in [-0.1, -0.05) is 24.3 Å². The molecule has 4 aromatic rings. The highest BCUT2D eigenvalue weighted by molar-refractivity contribution is 7.12. The fraction of sp³-hybridized carbons (Fsp3) is 0.0952. The number of pyridine rings is 1. The number of benzene rings is 1. The van der Waals surface area contributed by atoms with Crippen LogP contribution in [0.15, 0.2) is 64.9 Å². The number of nitrogens with one attached hydrogen (secondary N) is 1. The van der Waals surface area contributed by atoms with Gasteiger partial charge in [-0.15, -0.1) is 11.3 Å². The third-order valence-corrected chi connectivity index (χ3v) is 5.36. The van der Waals surface area contributed by atoms with Crippen LogP contribution in [0.4, 0.5) is 0 Å². The molecule has 0 fully saturated rings. The molecule has 0 saturated carbocycles. The van der Waals surface area contributed by atoms with Crippen molar-refractivity contribution in [3.05, 3.63) is 70.9 Å². The summed E-state index contributed by atoms with van der Waals surface area (Å²) in [5.41, 5.74) is 8.99. The van der Waals surface area contributed by atoms with E-state index in [9.17, 15) is 14.4 Å². The van der Waals surface area contributed by atoms with Gasteiger partial charge in [-0.05, 0) is 18.2 Å². The summed E-state index contributed by atoms with van der Waals surface area (Å²) in [7, 11) is 0. The minimum Gasteiger partial charge on any atom is -0.464 e. The number of carbonyl (C=O) groups is 3. The van der Waals surface area contributed by atoms with Crippen LogP contribution in [-0.4, -0.2) is 33.6 Å². The lowest BCUT2D eigenvalue weighted by molar-refractivity contribution is -0.137. The van der Waals surface area contributed by atoms with E-state index in [2.05, 4.69) is 15.3 Å². The van der Waals surface area contributed by atoms with Crippen LogP contribution >= 0.6 is 11.3 Å². The van der Waals surface area contributed by atoms with Gasteiger partial charge in [-0.3, -0.25) is 19.4 Å². The first-order valence-corrected chi connectivity index (χ1v) is 9.87. The number of aromatic nitrogens is 2. The zero-order valence-electron chi connectivity index (χ0n) is 15.6. The molecule has 0 saturated heterocycles. The van der Waals surface area contributed by atoms with Gasteiger partial charge in [-0.25, -0.2) is 4.98 Å². The lowest BCUT2D eigenvalue weighted by Gasteiger charge is -2.15. The van der Waals surface area contributed by atoms with Crippen LogP contribution in [0.1, 0.15) is 15.2 Å². The number of ketones is 1. The van der Waals surface area contributed by atoms with Crippen molar-refractivity contribution in [1.82, 2.24) is 15.3 Å². The van der Waals surface area contributed by atoms with Crippen LogP contribution < -0.4 is 11.1 Å². The third-order valence-electron chi connectivity index (χ3n) is 4.53. The Bertz CT molecular complexity index is 1230. The first-order valence-electron chi connectivity index (χ1n) is 8.99. The maximum atomic E-state index is 12.9. The molecule has 1 atom stereocenters. The number of hydrogen-bond acceptors (Lipinski definition) is 7. The molecule has 150 valence electrons. The number of amides is 2. The molecule has 0 spiro atoms. The zero-order chi connectivity index (χ0) is 21.1. The molecule has 4 rings (SSSR count). The molecule has 3 aromatic heterocycles. The molecule has 3 heterocycles. The summed E-state index contributed by atoms with van der Waals surface area (Å²) in [6, 6.07) is 11.4. The Morgan fingerprint density at radius 3 is 2.67 bits per heavy atom. The van der Waals surface area contributed by atoms with Gasteiger partial charge < -0.3 is 15.5 Å². The Balaban J connectivity index is 1.62. The van der Waals surface area contributed by atoms with E-state index in [-0.39, 0.29) is 11.3 Å². The van der Waals surface area contributed by atoms with Crippen molar-refractivity contribution in [2.24, 2.45) is 5.73 Å². The Kier molecular flexibility index (Phi) is 5.36. The Labute approximate surface area is 174 Å². The van der Waals surface area contributed by atoms with Gasteiger partial charge in [-0.2, -0.15) is 0 Å². The molecule has 0 radical (unpaired) electrons. The van der Waals surface area contributed by atoms with E-state index in [0.717, 1.165) is 16.7 Å². The normalized spacial score (nSPS) is 11.9. The molecule has 9 heteroatoms. The second kappa shape index (κ2) is 8.26. The fourth-order valence-corrected chi connectivity index (χ4v) is 3.81. The molecule has 30 heavy (non-hydrogen) atoms. The van der Waals surface area contributed by atoms with Crippen molar-refractivity contribution in [1.29, 1.82) is 0 Å². The molecular formula is C21H16N4O4S. The van der Waals surface area contributed by atoms with Gasteiger partial charge in [0.1, 0.15) is 22.2 Å². The topological polar surface area (TPSA) is 128 Å². The Hall–Kier alpha value is -3.85. The van der Waals surface area contributed by atoms with Gasteiger partial charge in [0.05, 0.1) is 17.5 Å². The van der Waals surface area contributed by atoms with Crippen LogP contribution in [0.5, 0.6) is 0 Å². The highest BCUT2D eigenvalue weighted by Gasteiger charge is 2.28. The average Bonchev–Trinajstić information content (AvgIpc) is 3.41. The van der Waals surface area contributed by atoms with Crippen LogP contribution in [-0.2, 0) is 16.0 Å². The number of primary amides is 1. The lowest BCUT2D eigenvalue weighted by atomic mass is 10.0. The third kappa shape index (κ3) is 3.83. The molecule has 0 aliphatic carbocycles. The SMILES string of the molecule is NC(=O)C(=O)C(Cc1coc2ccccc12)NC(=O)c1scnc1-c1ccccn1. The van der Waals surface area contributed by atoms with Crippen LogP contribution in [0.25, 0.3) is 22.4 Å². The van der Waals surface area contributed by atoms with Crippen molar-refractivity contribution < 1.29 is 18.8 Å². The number of hydrogen-bond donors (Lipinski definition) is 2. The van der Waals surface area contributed by atoms with Crippen LogP contribution in [0.2, 0.25) is 0 Å². The smallest absolute Gasteiger partial charge is 0.287 e. The molecule has 0 bridgehead atoms. The number of carbonyl (C=O) groups excluding carboxylic acids is 3. The summed E-state index contributed by atoms with van der Waals surface area (Å²) < 4.78 is 5.49. The minimum absolute atomic E-state index is 0.0578. The van der Waals surface area contributed by atoms with Crippen molar-refractivity contribution in [3.63, 3.8) is 0 Å². The standard InChI is InChI=1S/C21H16N4O4S/c22-20(27)18(26)15(9-12-10-29-16-7-2-1-5-13(12)16)25-21(28)19-17(24-11-30-19)14-6-3-4-8-23-14/h1-8,10-11,15H,9H2,(H2,22,27)(H,25,28). The van der Waals surface area contributed by atoms with E-state index >= 15 is 0 Å². The van der Waals surface area contributed by atoms with Crippen molar-refractivity contribution in [2.45, 2.75) is 12.5 Å². The molecular weight excluding hydrogens is 404 g/mol. The number of thiazole rings is 1. The summed E-state index contributed by atoms with van der Waals surface area (Å²) in [6.07, 6.45) is 3.16. The molecule has 8 nitrogen and oxygen atoms in total. The summed E-state index contributed by atoms with van der Waals surface area (Å²) >= 11 is 1.12. The van der Waals surface area contributed by atoms with E-state index in [1.54, 1.807) is 30.5 Å². The highest BCUT2D eigenvalue weighted by atomic mass is 32.1. The largest absolute Gasteiger partial charge is 0.464 e. The first-order chi connectivity index (χ1) is 14.5. The second-order valence-corrected chi connectivity index (χ2v) is 7.32. The van der Waals surface area contributed by atoms with E-state index in [1.165, 1.54) is 11.8 Å². The van der Waals surface area contributed by atoms with Gasteiger partial charge in [0.25, 0.3) is 11.8 Å². The molecule has 2 amide bonds. The van der Waals surface area contributed by atoms with Crippen molar-refractivity contribution >= 4 is 39.9 Å². The van der Waals surface area contributed by atoms with E-state index < -0.39 is 23.6 Å². The monoisotopic (exact) mass is 420 g/mol. The molecule has 3 N–H and O–H groups in total. The van der Waals surface area contributed by atoms with E-state index in [0.29, 0.717) is 22.5 Å². The quantitative estimate of drug-likeness (QED) is 0.442. The number of furan rings is 1. The molecule has 1 unspecified atom stereocenters. The summed E-state index contributed by atoms with van der Waals surface area (Å²) in [4.78, 5) is 45.6. The predicted molar refractivity (Wildman–Crippen MR) is 111 cm³/mol. The highest BCUT2D eigenvalue weighted by Crippen LogP contribution is 2.25.